The van der Waals surface area contributed by atoms with E-state index in [4.69, 9.17) is 9.47 Å². The number of ether oxygens (including phenoxy) is 2. The van der Waals surface area contributed by atoms with Crippen molar-refractivity contribution in [3.05, 3.63) is 53.3 Å². The first kappa shape index (κ1) is 15.0. The fourth-order valence-electron chi connectivity index (χ4n) is 2.67. The first-order valence-electron chi connectivity index (χ1n) is 7.38. The zero-order valence-electron chi connectivity index (χ0n) is 12.5. The Bertz CT molecular complexity index is 648. The van der Waals surface area contributed by atoms with E-state index in [1.807, 2.05) is 12.1 Å². The molecule has 0 atom stereocenters. The van der Waals surface area contributed by atoms with Crippen molar-refractivity contribution in [3.8, 4) is 16.9 Å². The molecule has 4 heteroatoms. The molecule has 1 aliphatic carbocycles. The maximum Gasteiger partial charge on any atom is 0.188 e. The number of hydrogen-bond acceptors (Lipinski definition) is 3. The third kappa shape index (κ3) is 3.13. The molecule has 0 spiro atoms. The minimum Gasteiger partial charge on any atom is -0.467 e. The lowest BCUT2D eigenvalue weighted by molar-refractivity contribution is 0.0513. The van der Waals surface area contributed by atoms with E-state index in [9.17, 15) is 9.50 Å². The van der Waals surface area contributed by atoms with Gasteiger partial charge in [0.15, 0.2) is 6.79 Å². The van der Waals surface area contributed by atoms with Crippen LogP contribution in [0.1, 0.15) is 29.9 Å². The summed E-state index contributed by atoms with van der Waals surface area (Å²) in [6.07, 6.45) is 2.26. The average Bonchev–Trinajstić information content (AvgIpc) is 3.38. The molecule has 1 fully saturated rings. The average molecular weight is 302 g/mol. The van der Waals surface area contributed by atoms with Gasteiger partial charge in [-0.2, -0.15) is 0 Å². The van der Waals surface area contributed by atoms with Gasteiger partial charge >= 0.3 is 0 Å². The number of benzene rings is 2. The Hall–Kier alpha value is -1.91. The lowest BCUT2D eigenvalue weighted by Crippen LogP contribution is -2.03. The molecule has 1 N–H and O–H groups in total. The summed E-state index contributed by atoms with van der Waals surface area (Å²) in [5, 5.41) is 9.48. The predicted octanol–water partition coefficient (Wildman–Crippen LogP) is 3.85. The molecule has 2 aromatic rings. The van der Waals surface area contributed by atoms with Gasteiger partial charge in [-0.05, 0) is 53.6 Å². The van der Waals surface area contributed by atoms with Gasteiger partial charge in [-0.1, -0.05) is 18.2 Å². The lowest BCUT2D eigenvalue weighted by Gasteiger charge is -2.17. The van der Waals surface area contributed by atoms with Crippen LogP contribution in [0.5, 0.6) is 5.75 Å². The van der Waals surface area contributed by atoms with Crippen molar-refractivity contribution in [3.63, 3.8) is 0 Å². The number of aliphatic hydroxyl groups is 1. The van der Waals surface area contributed by atoms with Gasteiger partial charge in [-0.25, -0.2) is 4.39 Å². The quantitative estimate of drug-likeness (QED) is 0.824. The Morgan fingerprint density at radius 3 is 2.50 bits per heavy atom. The maximum atomic E-state index is 13.2. The Balaban J connectivity index is 2.12. The lowest BCUT2D eigenvalue weighted by atomic mass is 9.93. The monoisotopic (exact) mass is 302 g/mol. The number of halogens is 1. The summed E-state index contributed by atoms with van der Waals surface area (Å²) in [4.78, 5) is 0. The first-order chi connectivity index (χ1) is 10.7. The van der Waals surface area contributed by atoms with Crippen molar-refractivity contribution < 1.29 is 19.0 Å². The third-order valence-electron chi connectivity index (χ3n) is 3.86. The molecular formula is C18H19FO3. The van der Waals surface area contributed by atoms with Gasteiger partial charge in [0.2, 0.25) is 0 Å². The fourth-order valence-corrected chi connectivity index (χ4v) is 2.67. The second-order valence-electron chi connectivity index (χ2n) is 5.55. The van der Waals surface area contributed by atoms with Crippen LogP contribution in [0, 0.1) is 5.82 Å². The van der Waals surface area contributed by atoms with Crippen molar-refractivity contribution in [2.75, 3.05) is 13.9 Å². The summed E-state index contributed by atoms with van der Waals surface area (Å²) in [5.41, 5.74) is 3.86. The van der Waals surface area contributed by atoms with Crippen molar-refractivity contribution in [2.45, 2.75) is 25.4 Å². The van der Waals surface area contributed by atoms with Crippen molar-refractivity contribution in [2.24, 2.45) is 0 Å². The summed E-state index contributed by atoms with van der Waals surface area (Å²) in [7, 11) is 1.56. The standard InChI is InChI=1S/C18H19FO3/c1-21-11-22-17-9-12(10-20)8-16(13-2-3-13)18(17)14-4-6-15(19)7-5-14/h4-9,13,20H,2-3,10-11H2,1H3. The summed E-state index contributed by atoms with van der Waals surface area (Å²) < 4.78 is 23.9. The van der Waals surface area contributed by atoms with E-state index in [0.717, 1.165) is 35.1 Å². The van der Waals surface area contributed by atoms with Gasteiger partial charge in [-0.3, -0.25) is 0 Å². The SMILES string of the molecule is COCOc1cc(CO)cc(C2CC2)c1-c1ccc(F)cc1. The van der Waals surface area contributed by atoms with Crippen LogP contribution in [0.4, 0.5) is 4.39 Å². The molecule has 2 aromatic carbocycles. The van der Waals surface area contributed by atoms with E-state index in [1.165, 1.54) is 12.1 Å². The zero-order valence-corrected chi connectivity index (χ0v) is 12.5. The van der Waals surface area contributed by atoms with E-state index in [1.54, 1.807) is 19.2 Å². The molecule has 0 amide bonds. The second kappa shape index (κ2) is 6.46. The Kier molecular flexibility index (Phi) is 4.41. The first-order valence-corrected chi connectivity index (χ1v) is 7.38. The highest BCUT2D eigenvalue weighted by Crippen LogP contribution is 2.48. The number of hydrogen-bond donors (Lipinski definition) is 1. The van der Waals surface area contributed by atoms with Gasteiger partial charge in [0, 0.05) is 12.7 Å². The van der Waals surface area contributed by atoms with E-state index in [2.05, 4.69) is 0 Å². The maximum absolute atomic E-state index is 13.2. The normalized spacial score (nSPS) is 14.1. The number of aliphatic hydroxyl groups excluding tert-OH is 1. The molecule has 0 saturated heterocycles. The van der Waals surface area contributed by atoms with E-state index in [-0.39, 0.29) is 19.2 Å². The highest BCUT2D eigenvalue weighted by atomic mass is 19.1. The Morgan fingerprint density at radius 2 is 1.91 bits per heavy atom. The molecule has 22 heavy (non-hydrogen) atoms. The van der Waals surface area contributed by atoms with Gasteiger partial charge in [0.05, 0.1) is 6.61 Å². The van der Waals surface area contributed by atoms with Crippen molar-refractivity contribution in [1.29, 1.82) is 0 Å². The second-order valence-corrected chi connectivity index (χ2v) is 5.55. The minimum atomic E-state index is -0.261. The number of methoxy groups -OCH3 is 1. The van der Waals surface area contributed by atoms with Crippen LogP contribution >= 0.6 is 0 Å². The molecule has 3 nitrogen and oxygen atoms in total. The van der Waals surface area contributed by atoms with Crippen LogP contribution in [0.15, 0.2) is 36.4 Å². The molecule has 0 radical (unpaired) electrons. The van der Waals surface area contributed by atoms with Crippen LogP contribution in [-0.2, 0) is 11.3 Å². The summed E-state index contributed by atoms with van der Waals surface area (Å²) >= 11 is 0. The van der Waals surface area contributed by atoms with Gasteiger partial charge < -0.3 is 14.6 Å². The zero-order chi connectivity index (χ0) is 15.5. The van der Waals surface area contributed by atoms with Crippen LogP contribution in [0.3, 0.4) is 0 Å². The number of rotatable bonds is 6. The van der Waals surface area contributed by atoms with Gasteiger partial charge in [0.1, 0.15) is 11.6 Å². The van der Waals surface area contributed by atoms with Crippen molar-refractivity contribution >= 4 is 0 Å². The molecule has 0 unspecified atom stereocenters. The largest absolute Gasteiger partial charge is 0.467 e. The van der Waals surface area contributed by atoms with Crippen molar-refractivity contribution in [1.82, 2.24) is 0 Å². The van der Waals surface area contributed by atoms with Crippen LogP contribution in [0.25, 0.3) is 11.1 Å². The molecule has 1 saturated carbocycles. The third-order valence-corrected chi connectivity index (χ3v) is 3.86. The topological polar surface area (TPSA) is 38.7 Å². The molecule has 0 bridgehead atoms. The minimum absolute atomic E-state index is 0.0350. The molecule has 3 rings (SSSR count). The van der Waals surface area contributed by atoms with Crippen LogP contribution in [-0.4, -0.2) is 19.0 Å². The molecule has 1 aliphatic rings. The highest BCUT2D eigenvalue weighted by Gasteiger charge is 2.29. The summed E-state index contributed by atoms with van der Waals surface area (Å²) in [6.45, 7) is 0.0972. The van der Waals surface area contributed by atoms with Gasteiger partial charge in [-0.15, -0.1) is 0 Å². The molecule has 0 heterocycles. The van der Waals surface area contributed by atoms with Crippen LogP contribution < -0.4 is 4.74 Å². The fraction of sp³-hybridized carbons (Fsp3) is 0.333. The predicted molar refractivity (Wildman–Crippen MR) is 82.2 cm³/mol. The summed E-state index contributed by atoms with van der Waals surface area (Å²) in [5.74, 6) is 0.890. The van der Waals surface area contributed by atoms with E-state index in [0.29, 0.717) is 11.7 Å². The van der Waals surface area contributed by atoms with Crippen LogP contribution in [0.2, 0.25) is 0 Å². The van der Waals surface area contributed by atoms with E-state index >= 15 is 0 Å². The summed E-state index contributed by atoms with van der Waals surface area (Å²) in [6, 6.07) is 10.3. The molecule has 116 valence electrons. The Labute approximate surface area is 129 Å². The van der Waals surface area contributed by atoms with Gasteiger partial charge in [0.25, 0.3) is 0 Å². The molecule has 0 aliphatic heterocycles. The smallest absolute Gasteiger partial charge is 0.188 e. The highest BCUT2D eigenvalue weighted by molar-refractivity contribution is 5.76. The Morgan fingerprint density at radius 1 is 1.18 bits per heavy atom. The molecular weight excluding hydrogens is 283 g/mol. The molecule has 0 aromatic heterocycles. The van der Waals surface area contributed by atoms with E-state index < -0.39 is 0 Å².